The number of halogens is 1. The molecular formula is C13H17FN2O3S2. The monoisotopic (exact) mass is 332 g/mol. The molecule has 116 valence electrons. The molecule has 0 bridgehead atoms. The summed E-state index contributed by atoms with van der Waals surface area (Å²) in [6.07, 6.45) is 1.12. The minimum Gasteiger partial charge on any atom is -0.385 e. The van der Waals surface area contributed by atoms with Crippen LogP contribution in [0.1, 0.15) is 10.4 Å². The van der Waals surface area contributed by atoms with Gasteiger partial charge >= 0.3 is 0 Å². The molecule has 1 N–H and O–H groups in total. The number of amides is 1. The number of nitrogens with zero attached hydrogens (tertiary/aromatic N) is 1. The summed E-state index contributed by atoms with van der Waals surface area (Å²) < 4.78 is 37.5. The highest BCUT2D eigenvalue weighted by Crippen LogP contribution is 2.26. The van der Waals surface area contributed by atoms with E-state index in [0.717, 1.165) is 6.26 Å². The van der Waals surface area contributed by atoms with Crippen LogP contribution in [0.4, 0.5) is 10.1 Å². The molecule has 2 rings (SSSR count). The molecule has 1 aromatic rings. The lowest BCUT2D eigenvalue weighted by molar-refractivity contribution is 0.0750. The zero-order valence-electron chi connectivity index (χ0n) is 11.8. The molecule has 0 radical (unpaired) electrons. The number of hydrogen-bond donors (Lipinski definition) is 1. The highest BCUT2D eigenvalue weighted by molar-refractivity contribution is 8.00. The maximum atomic E-state index is 13.8. The Bertz CT molecular complexity index is 649. The second-order valence-corrected chi connectivity index (χ2v) is 8.12. The van der Waals surface area contributed by atoms with Gasteiger partial charge in [0.2, 0.25) is 0 Å². The minimum absolute atomic E-state index is 0.0907. The molecule has 1 unspecified atom stereocenters. The molecule has 1 heterocycles. The van der Waals surface area contributed by atoms with Crippen LogP contribution < -0.4 is 5.32 Å². The summed E-state index contributed by atoms with van der Waals surface area (Å²) >= 11 is 1.50. The van der Waals surface area contributed by atoms with E-state index in [9.17, 15) is 17.6 Å². The summed E-state index contributed by atoms with van der Waals surface area (Å²) in [5.74, 6) is 0.0109. The second-order valence-electron chi connectivity index (χ2n) is 4.77. The van der Waals surface area contributed by atoms with Crippen LogP contribution in [-0.2, 0) is 9.84 Å². The average molecular weight is 332 g/mol. The van der Waals surface area contributed by atoms with E-state index >= 15 is 0 Å². The minimum atomic E-state index is -3.39. The van der Waals surface area contributed by atoms with Crippen molar-refractivity contribution in [3.8, 4) is 0 Å². The standard InChI is InChI=1S/C13H17FN2O3S2/c1-15-12-9(4-3-5-10(12)14)13(17)16-6-7-20-8-11(16)21(2,18)19/h3-5,11,15H,6-8H2,1-2H3. The Morgan fingerprint density at radius 2 is 2.19 bits per heavy atom. The Morgan fingerprint density at radius 3 is 2.81 bits per heavy atom. The topological polar surface area (TPSA) is 66.5 Å². The lowest BCUT2D eigenvalue weighted by Crippen LogP contribution is -2.50. The number of thioether (sulfide) groups is 1. The van der Waals surface area contributed by atoms with Crippen molar-refractivity contribution in [3.05, 3.63) is 29.6 Å². The van der Waals surface area contributed by atoms with Crippen LogP contribution in [0, 0.1) is 5.82 Å². The first kappa shape index (κ1) is 16.1. The van der Waals surface area contributed by atoms with Crippen LogP contribution in [0.15, 0.2) is 18.2 Å². The van der Waals surface area contributed by atoms with Crippen molar-refractivity contribution in [1.82, 2.24) is 4.90 Å². The Kier molecular flexibility index (Phi) is 4.77. The van der Waals surface area contributed by atoms with Gasteiger partial charge in [-0.2, -0.15) is 11.8 Å². The van der Waals surface area contributed by atoms with Gasteiger partial charge < -0.3 is 10.2 Å². The maximum absolute atomic E-state index is 13.8. The second kappa shape index (κ2) is 6.23. The van der Waals surface area contributed by atoms with Crippen LogP contribution >= 0.6 is 11.8 Å². The Labute approximate surface area is 127 Å². The van der Waals surface area contributed by atoms with Crippen LogP contribution in [0.5, 0.6) is 0 Å². The number of carbonyl (C=O) groups excluding carboxylic acids is 1. The van der Waals surface area contributed by atoms with Crippen molar-refractivity contribution in [3.63, 3.8) is 0 Å². The molecule has 1 fully saturated rings. The fraction of sp³-hybridized carbons (Fsp3) is 0.462. The molecule has 0 aromatic heterocycles. The molecule has 5 nitrogen and oxygen atoms in total. The van der Waals surface area contributed by atoms with Crippen molar-refractivity contribution in [1.29, 1.82) is 0 Å². The van der Waals surface area contributed by atoms with E-state index in [2.05, 4.69) is 5.32 Å². The van der Waals surface area contributed by atoms with Crippen molar-refractivity contribution in [2.75, 3.05) is 36.7 Å². The van der Waals surface area contributed by atoms with Gasteiger partial charge in [0.25, 0.3) is 5.91 Å². The molecule has 1 aliphatic heterocycles. The summed E-state index contributed by atoms with van der Waals surface area (Å²) in [6, 6.07) is 4.19. The lowest BCUT2D eigenvalue weighted by atomic mass is 10.1. The zero-order valence-corrected chi connectivity index (χ0v) is 13.4. The highest BCUT2D eigenvalue weighted by Gasteiger charge is 2.35. The number of para-hydroxylation sites is 1. The smallest absolute Gasteiger partial charge is 0.257 e. The number of carbonyl (C=O) groups is 1. The Balaban J connectivity index is 2.41. The van der Waals surface area contributed by atoms with E-state index in [1.54, 1.807) is 0 Å². The molecule has 1 aliphatic rings. The third-order valence-electron chi connectivity index (χ3n) is 3.33. The van der Waals surface area contributed by atoms with E-state index in [4.69, 9.17) is 0 Å². The van der Waals surface area contributed by atoms with E-state index in [1.807, 2.05) is 0 Å². The molecular weight excluding hydrogens is 315 g/mol. The SMILES string of the molecule is CNc1c(F)cccc1C(=O)N1CCSCC1S(C)(=O)=O. The van der Waals surface area contributed by atoms with Gasteiger partial charge in [-0.05, 0) is 12.1 Å². The molecule has 8 heteroatoms. The normalized spacial score (nSPS) is 19.4. The number of hydrogen-bond acceptors (Lipinski definition) is 5. The van der Waals surface area contributed by atoms with Gasteiger partial charge in [-0.25, -0.2) is 12.8 Å². The van der Waals surface area contributed by atoms with Crippen LogP contribution in [-0.4, -0.2) is 56.0 Å². The summed E-state index contributed by atoms with van der Waals surface area (Å²) in [5, 5.41) is 1.80. The first-order valence-electron chi connectivity index (χ1n) is 6.40. The van der Waals surface area contributed by atoms with Crippen molar-refractivity contribution in [2.24, 2.45) is 0 Å². The van der Waals surface area contributed by atoms with Gasteiger partial charge in [-0.3, -0.25) is 4.79 Å². The predicted molar refractivity (Wildman–Crippen MR) is 82.9 cm³/mol. The Hall–Kier alpha value is -1.28. The number of anilines is 1. The van der Waals surface area contributed by atoms with Gasteiger partial charge in [0, 0.05) is 31.4 Å². The summed E-state index contributed by atoms with van der Waals surface area (Å²) in [5.41, 5.74) is 0.242. The van der Waals surface area contributed by atoms with Gasteiger partial charge in [0.05, 0.1) is 11.3 Å². The van der Waals surface area contributed by atoms with Gasteiger partial charge in [-0.1, -0.05) is 6.07 Å². The molecule has 1 saturated heterocycles. The predicted octanol–water partition coefficient (Wildman–Crippen LogP) is 1.43. The lowest BCUT2D eigenvalue weighted by Gasteiger charge is -2.34. The summed E-state index contributed by atoms with van der Waals surface area (Å²) in [6.45, 7) is 0.334. The third kappa shape index (κ3) is 3.32. The first-order valence-corrected chi connectivity index (χ1v) is 9.51. The van der Waals surface area contributed by atoms with E-state index < -0.39 is 26.9 Å². The van der Waals surface area contributed by atoms with Crippen LogP contribution in [0.3, 0.4) is 0 Å². The Morgan fingerprint density at radius 1 is 1.48 bits per heavy atom. The van der Waals surface area contributed by atoms with Crippen LogP contribution in [0.2, 0.25) is 0 Å². The maximum Gasteiger partial charge on any atom is 0.257 e. The molecule has 1 atom stereocenters. The quantitative estimate of drug-likeness (QED) is 0.907. The summed E-state index contributed by atoms with van der Waals surface area (Å²) in [7, 11) is -1.86. The fourth-order valence-electron chi connectivity index (χ4n) is 2.28. The van der Waals surface area contributed by atoms with Crippen LogP contribution in [0.25, 0.3) is 0 Å². The molecule has 1 aromatic carbocycles. The third-order valence-corrected chi connectivity index (χ3v) is 5.98. The number of nitrogens with one attached hydrogen (secondary N) is 1. The number of rotatable bonds is 3. The summed E-state index contributed by atoms with van der Waals surface area (Å²) in [4.78, 5) is 14.0. The van der Waals surface area contributed by atoms with Gasteiger partial charge in [-0.15, -0.1) is 0 Å². The molecule has 0 aliphatic carbocycles. The van der Waals surface area contributed by atoms with Gasteiger partial charge in [0.1, 0.15) is 11.2 Å². The first-order chi connectivity index (χ1) is 9.86. The van der Waals surface area contributed by atoms with E-state index in [0.29, 0.717) is 18.1 Å². The molecule has 1 amide bonds. The van der Waals surface area contributed by atoms with Crippen molar-refractivity contribution < 1.29 is 17.6 Å². The van der Waals surface area contributed by atoms with Crippen molar-refractivity contribution in [2.45, 2.75) is 5.37 Å². The number of benzene rings is 1. The zero-order chi connectivity index (χ0) is 15.6. The van der Waals surface area contributed by atoms with Crippen molar-refractivity contribution >= 4 is 33.2 Å². The van der Waals surface area contributed by atoms with E-state index in [-0.39, 0.29) is 11.3 Å². The fourth-order valence-corrected chi connectivity index (χ4v) is 5.09. The molecule has 21 heavy (non-hydrogen) atoms. The largest absolute Gasteiger partial charge is 0.385 e. The average Bonchev–Trinajstić information content (AvgIpc) is 2.45. The van der Waals surface area contributed by atoms with E-state index in [1.165, 1.54) is 41.9 Å². The van der Waals surface area contributed by atoms with Gasteiger partial charge in [0.15, 0.2) is 9.84 Å². The molecule has 0 saturated carbocycles. The molecule has 0 spiro atoms. The highest BCUT2D eigenvalue weighted by atomic mass is 32.2. The number of sulfone groups is 1.